The molecule has 1 N–H and O–H groups in total. The van der Waals surface area contributed by atoms with E-state index in [0.717, 1.165) is 23.3 Å². The van der Waals surface area contributed by atoms with Gasteiger partial charge in [-0.15, -0.1) is 0 Å². The van der Waals surface area contributed by atoms with Crippen molar-refractivity contribution in [3.8, 4) is 0 Å². The molecule has 1 aliphatic rings. The van der Waals surface area contributed by atoms with Crippen LogP contribution in [-0.4, -0.2) is 32.3 Å². The van der Waals surface area contributed by atoms with Gasteiger partial charge in [-0.2, -0.15) is 0 Å². The average Bonchev–Trinajstić information content (AvgIpc) is 2.76. The molecule has 0 aromatic heterocycles. The molecular weight excluding hydrogens is 422 g/mol. The minimum absolute atomic E-state index is 0.258. The van der Waals surface area contributed by atoms with Crippen molar-refractivity contribution in [1.29, 1.82) is 0 Å². The molecule has 31 heavy (non-hydrogen) atoms. The zero-order valence-corrected chi connectivity index (χ0v) is 17.3. The molecule has 3 aromatic carbocycles. The number of amides is 1. The van der Waals surface area contributed by atoms with E-state index < -0.39 is 40.2 Å². The molecular formula is C23H20F2N2O3S. The zero-order valence-electron chi connectivity index (χ0n) is 16.5. The van der Waals surface area contributed by atoms with Gasteiger partial charge in [0.05, 0.1) is 17.5 Å². The van der Waals surface area contributed by atoms with E-state index in [1.54, 1.807) is 17.0 Å². The first-order valence-corrected chi connectivity index (χ1v) is 11.2. The highest BCUT2D eigenvalue weighted by Crippen LogP contribution is 2.35. The number of hydrogen-bond donors (Lipinski definition) is 1. The first-order chi connectivity index (χ1) is 14.8. The predicted octanol–water partition coefficient (Wildman–Crippen LogP) is 3.42. The maximum absolute atomic E-state index is 13.9. The Labute approximate surface area is 179 Å². The standard InChI is InChI=1S/C23H20F2N2O3S/c24-18-7-3-6-17(13-18)23-21-10-2-1-5-16(21)11-12-27(23)22(28)15-26-31(29,30)20-9-4-8-19(25)14-20/h1-10,13-14,23,26H,11-12,15H2. The lowest BCUT2D eigenvalue weighted by Crippen LogP contribution is -2.45. The number of benzene rings is 3. The maximum atomic E-state index is 13.9. The molecule has 0 spiro atoms. The van der Waals surface area contributed by atoms with Crippen LogP contribution in [0.15, 0.2) is 77.7 Å². The Morgan fingerprint density at radius 2 is 1.68 bits per heavy atom. The number of hydrogen-bond acceptors (Lipinski definition) is 3. The fraction of sp³-hybridized carbons (Fsp3) is 0.174. The normalized spacial score (nSPS) is 16.1. The summed E-state index contributed by atoms with van der Waals surface area (Å²) >= 11 is 0. The smallest absolute Gasteiger partial charge is 0.241 e. The van der Waals surface area contributed by atoms with Crippen molar-refractivity contribution in [3.63, 3.8) is 0 Å². The lowest BCUT2D eigenvalue weighted by atomic mass is 9.88. The molecule has 0 saturated carbocycles. The second kappa shape index (κ2) is 8.56. The summed E-state index contributed by atoms with van der Waals surface area (Å²) in [5.41, 5.74) is 2.54. The third kappa shape index (κ3) is 4.50. The molecule has 3 aromatic rings. The van der Waals surface area contributed by atoms with Crippen LogP contribution in [0.4, 0.5) is 8.78 Å². The van der Waals surface area contributed by atoms with E-state index >= 15 is 0 Å². The van der Waals surface area contributed by atoms with Gasteiger partial charge in [0.1, 0.15) is 11.6 Å². The molecule has 1 heterocycles. The summed E-state index contributed by atoms with van der Waals surface area (Å²) in [6, 6.07) is 17.7. The van der Waals surface area contributed by atoms with Gasteiger partial charge in [0.15, 0.2) is 0 Å². The fourth-order valence-electron chi connectivity index (χ4n) is 3.85. The van der Waals surface area contributed by atoms with E-state index in [-0.39, 0.29) is 4.90 Å². The Hall–Kier alpha value is -3.10. The summed E-state index contributed by atoms with van der Waals surface area (Å²) in [6.07, 6.45) is 0.602. The summed E-state index contributed by atoms with van der Waals surface area (Å²) in [7, 11) is -4.06. The summed E-state index contributed by atoms with van der Waals surface area (Å²) < 4.78 is 54.5. The monoisotopic (exact) mass is 442 g/mol. The molecule has 0 aliphatic carbocycles. The molecule has 4 rings (SSSR count). The molecule has 1 aliphatic heterocycles. The number of fused-ring (bicyclic) bond motifs is 1. The summed E-state index contributed by atoms with van der Waals surface area (Å²) in [6.45, 7) is -0.133. The van der Waals surface area contributed by atoms with Crippen LogP contribution in [-0.2, 0) is 21.2 Å². The number of halogens is 2. The van der Waals surface area contributed by atoms with Gasteiger partial charge < -0.3 is 4.90 Å². The van der Waals surface area contributed by atoms with Gasteiger partial charge in [-0.05, 0) is 53.4 Å². The van der Waals surface area contributed by atoms with Gasteiger partial charge in [-0.3, -0.25) is 4.79 Å². The molecule has 1 amide bonds. The van der Waals surface area contributed by atoms with Crippen LogP contribution in [0.5, 0.6) is 0 Å². The van der Waals surface area contributed by atoms with Gasteiger partial charge in [0.25, 0.3) is 0 Å². The summed E-state index contributed by atoms with van der Waals surface area (Å²) in [5, 5.41) is 0. The van der Waals surface area contributed by atoms with Crippen LogP contribution in [0.1, 0.15) is 22.7 Å². The van der Waals surface area contributed by atoms with Crippen molar-refractivity contribution in [2.24, 2.45) is 0 Å². The molecule has 0 bridgehead atoms. The fourth-order valence-corrected chi connectivity index (χ4v) is 4.85. The van der Waals surface area contributed by atoms with Crippen LogP contribution < -0.4 is 4.72 Å². The SMILES string of the molecule is O=C(CNS(=O)(=O)c1cccc(F)c1)N1CCc2ccccc2C1c1cccc(F)c1. The van der Waals surface area contributed by atoms with Gasteiger partial charge in [-0.1, -0.05) is 42.5 Å². The Morgan fingerprint density at radius 3 is 2.42 bits per heavy atom. The van der Waals surface area contributed by atoms with E-state index in [9.17, 15) is 22.0 Å². The van der Waals surface area contributed by atoms with Gasteiger partial charge in [0, 0.05) is 6.54 Å². The summed E-state index contributed by atoms with van der Waals surface area (Å²) in [4.78, 5) is 14.3. The van der Waals surface area contributed by atoms with E-state index in [2.05, 4.69) is 4.72 Å². The predicted molar refractivity (Wildman–Crippen MR) is 112 cm³/mol. The highest BCUT2D eigenvalue weighted by molar-refractivity contribution is 7.89. The number of rotatable bonds is 5. The zero-order chi connectivity index (χ0) is 22.0. The maximum Gasteiger partial charge on any atom is 0.241 e. The molecule has 0 saturated heterocycles. The van der Waals surface area contributed by atoms with Crippen molar-refractivity contribution >= 4 is 15.9 Å². The molecule has 8 heteroatoms. The van der Waals surface area contributed by atoms with E-state index in [4.69, 9.17) is 0 Å². The lowest BCUT2D eigenvalue weighted by Gasteiger charge is -2.38. The third-order valence-corrected chi connectivity index (χ3v) is 6.69. The highest BCUT2D eigenvalue weighted by Gasteiger charge is 2.32. The number of carbonyl (C=O) groups excluding carboxylic acids is 1. The Bertz CT molecular complexity index is 1230. The Morgan fingerprint density at radius 1 is 0.968 bits per heavy atom. The molecule has 160 valence electrons. The number of nitrogens with zero attached hydrogens (tertiary/aromatic N) is 1. The van der Waals surface area contributed by atoms with Crippen LogP contribution in [0.2, 0.25) is 0 Å². The van der Waals surface area contributed by atoms with Crippen LogP contribution in [0.25, 0.3) is 0 Å². The van der Waals surface area contributed by atoms with Gasteiger partial charge in [-0.25, -0.2) is 21.9 Å². The van der Waals surface area contributed by atoms with E-state index in [1.807, 2.05) is 24.3 Å². The Balaban J connectivity index is 1.60. The van der Waals surface area contributed by atoms with Crippen LogP contribution in [0, 0.1) is 11.6 Å². The molecule has 1 unspecified atom stereocenters. The molecule has 1 atom stereocenters. The quantitative estimate of drug-likeness (QED) is 0.659. The minimum atomic E-state index is -4.06. The molecule has 0 fully saturated rings. The molecule has 5 nitrogen and oxygen atoms in total. The van der Waals surface area contributed by atoms with Crippen molar-refractivity contribution in [1.82, 2.24) is 9.62 Å². The topological polar surface area (TPSA) is 66.5 Å². The lowest BCUT2D eigenvalue weighted by molar-refractivity contribution is -0.132. The van der Waals surface area contributed by atoms with Gasteiger partial charge >= 0.3 is 0 Å². The third-order valence-electron chi connectivity index (χ3n) is 5.29. The number of carbonyl (C=O) groups is 1. The number of nitrogens with one attached hydrogen (secondary N) is 1. The van der Waals surface area contributed by atoms with Crippen LogP contribution >= 0.6 is 0 Å². The van der Waals surface area contributed by atoms with Crippen LogP contribution in [0.3, 0.4) is 0 Å². The Kier molecular flexibility index (Phi) is 5.84. The van der Waals surface area contributed by atoms with Crippen molar-refractivity contribution < 1.29 is 22.0 Å². The van der Waals surface area contributed by atoms with E-state index in [1.165, 1.54) is 24.3 Å². The van der Waals surface area contributed by atoms with Crippen molar-refractivity contribution in [2.75, 3.05) is 13.1 Å². The summed E-state index contributed by atoms with van der Waals surface area (Å²) in [5.74, 6) is -1.56. The minimum Gasteiger partial charge on any atom is -0.330 e. The largest absolute Gasteiger partial charge is 0.330 e. The van der Waals surface area contributed by atoms with Crippen molar-refractivity contribution in [3.05, 3.63) is 101 Å². The number of sulfonamides is 1. The van der Waals surface area contributed by atoms with Crippen molar-refractivity contribution in [2.45, 2.75) is 17.4 Å². The molecule has 0 radical (unpaired) electrons. The highest BCUT2D eigenvalue weighted by atomic mass is 32.2. The average molecular weight is 442 g/mol. The second-order valence-corrected chi connectivity index (χ2v) is 9.04. The van der Waals surface area contributed by atoms with E-state index in [0.29, 0.717) is 18.5 Å². The first kappa shape index (κ1) is 21.1. The first-order valence-electron chi connectivity index (χ1n) is 9.73. The van der Waals surface area contributed by atoms with Gasteiger partial charge in [0.2, 0.25) is 15.9 Å². The second-order valence-electron chi connectivity index (χ2n) is 7.28.